The minimum absolute atomic E-state index is 0.126. The Bertz CT molecular complexity index is 3700. The Hall–Kier alpha value is -7.73. The number of anilines is 6. The van der Waals surface area contributed by atoms with Gasteiger partial charge in [0.05, 0.1) is 82.5 Å². The van der Waals surface area contributed by atoms with E-state index in [9.17, 15) is 82.6 Å². The minimum Gasteiger partial charge on any atom is -0.376 e. The zero-order valence-electron chi connectivity index (χ0n) is 72.6. The summed E-state index contributed by atoms with van der Waals surface area (Å²) in [5.41, 5.74) is 3.42. The fourth-order valence-corrected chi connectivity index (χ4v) is 16.3. The fourth-order valence-electron chi connectivity index (χ4n) is 11.4. The maximum atomic E-state index is 12.9. The molecule has 24 nitrogen and oxygen atoms in total. The SMILES string of the molecule is CCCCCCCCSCNc1cc(C)cc(C)c1.CCCCCCCCSCNc1cc(F)cc(F)c1.CCCCCCCCSCNc1cc([N+](=O)[O-])cc([N+](=O)[O-])c1.CCCCCCSCNc1ccc([N+](=O)[O-])cc1.CCCCCCSCNc1ccc([N+](=O)[O-])cc1C(F)(F)F.CCCCCCSCNc1ccc([N+](=O)[O-])cc1[N+](=O)[O-]. The highest BCUT2D eigenvalue weighted by Gasteiger charge is 2.35. The number of hydrogen-bond donors (Lipinski definition) is 6. The van der Waals surface area contributed by atoms with Gasteiger partial charge in [0.15, 0.2) is 0 Å². The molecule has 684 valence electrons. The molecule has 0 heterocycles. The molecule has 0 saturated carbocycles. The zero-order valence-corrected chi connectivity index (χ0v) is 77.5. The van der Waals surface area contributed by atoms with Gasteiger partial charge in [-0.2, -0.15) is 13.2 Å². The van der Waals surface area contributed by atoms with Crippen LogP contribution in [0.1, 0.15) is 251 Å². The summed E-state index contributed by atoms with van der Waals surface area (Å²) in [6, 6.07) is 26.7. The van der Waals surface area contributed by atoms with Crippen LogP contribution in [0.4, 0.5) is 90.2 Å². The third-order valence-electron chi connectivity index (χ3n) is 18.0. The fraction of sp³-hybridized carbons (Fsp3) is 0.586. The Morgan fingerprint density at radius 3 is 0.893 bits per heavy atom. The van der Waals surface area contributed by atoms with Crippen molar-refractivity contribution in [2.24, 2.45) is 0 Å². The van der Waals surface area contributed by atoms with Gasteiger partial charge in [-0.1, -0.05) is 202 Å². The van der Waals surface area contributed by atoms with E-state index in [0.29, 0.717) is 46.6 Å². The molecule has 0 aliphatic rings. The molecule has 35 heteroatoms. The topological polar surface area (TPSA) is 331 Å². The summed E-state index contributed by atoms with van der Waals surface area (Å²) in [6.45, 7) is 17.5. The molecular formula is C87H133F5N12O12S6. The number of nitro groups is 6. The van der Waals surface area contributed by atoms with E-state index in [1.165, 1.54) is 243 Å². The Morgan fingerprint density at radius 1 is 0.279 bits per heavy atom. The molecular weight excluding hydrogens is 1690 g/mol. The van der Waals surface area contributed by atoms with Crippen molar-refractivity contribution in [1.29, 1.82) is 0 Å². The highest BCUT2D eigenvalue weighted by atomic mass is 32.2. The molecule has 0 unspecified atom stereocenters. The Balaban J connectivity index is 0.000000733. The van der Waals surface area contributed by atoms with Crippen molar-refractivity contribution in [3.8, 4) is 0 Å². The minimum atomic E-state index is -4.62. The van der Waals surface area contributed by atoms with Gasteiger partial charge in [-0.25, -0.2) is 8.78 Å². The number of rotatable bonds is 60. The van der Waals surface area contributed by atoms with E-state index < -0.39 is 53.7 Å². The lowest BCUT2D eigenvalue weighted by atomic mass is 10.1. The Morgan fingerprint density at radius 2 is 0.557 bits per heavy atom. The number of thioether (sulfide) groups is 6. The van der Waals surface area contributed by atoms with E-state index in [0.717, 1.165) is 109 Å². The van der Waals surface area contributed by atoms with Crippen LogP contribution in [0.5, 0.6) is 0 Å². The third kappa shape index (κ3) is 58.4. The second-order valence-corrected chi connectivity index (χ2v) is 35.3. The van der Waals surface area contributed by atoms with Crippen LogP contribution in [-0.2, 0) is 6.18 Å². The molecule has 6 aromatic carbocycles. The van der Waals surface area contributed by atoms with Gasteiger partial charge >= 0.3 is 6.18 Å². The number of nitro benzene ring substituents is 6. The predicted octanol–water partition coefficient (Wildman–Crippen LogP) is 29.9. The summed E-state index contributed by atoms with van der Waals surface area (Å²) in [5, 5.41) is 82.7. The summed E-state index contributed by atoms with van der Waals surface area (Å²) in [6.07, 6.45) is 33.3. The van der Waals surface area contributed by atoms with Crippen LogP contribution >= 0.6 is 70.6 Å². The molecule has 0 saturated heterocycles. The summed E-state index contributed by atoms with van der Waals surface area (Å²) < 4.78 is 64.6. The molecule has 0 fully saturated rings. The second-order valence-electron chi connectivity index (χ2n) is 28.7. The van der Waals surface area contributed by atoms with Crippen LogP contribution in [0.2, 0.25) is 0 Å². The molecule has 0 aliphatic carbocycles. The molecule has 0 radical (unpaired) electrons. The van der Waals surface area contributed by atoms with Crippen molar-refractivity contribution in [3.63, 3.8) is 0 Å². The van der Waals surface area contributed by atoms with Crippen molar-refractivity contribution < 1.29 is 51.5 Å². The van der Waals surface area contributed by atoms with Gasteiger partial charge in [-0.15, -0.1) is 70.6 Å². The summed E-state index contributed by atoms with van der Waals surface area (Å²) >= 11 is 10.5. The first-order valence-corrected chi connectivity index (χ1v) is 49.5. The number of nitrogens with one attached hydrogen (secondary N) is 6. The molecule has 122 heavy (non-hydrogen) atoms. The van der Waals surface area contributed by atoms with Crippen molar-refractivity contribution in [3.05, 3.63) is 204 Å². The highest BCUT2D eigenvalue weighted by Crippen LogP contribution is 2.38. The van der Waals surface area contributed by atoms with Gasteiger partial charge in [0.2, 0.25) is 0 Å². The number of unbranched alkanes of at least 4 members (excludes halogenated alkanes) is 24. The van der Waals surface area contributed by atoms with Gasteiger partial charge in [-0.3, -0.25) is 60.7 Å². The van der Waals surface area contributed by atoms with E-state index >= 15 is 0 Å². The van der Waals surface area contributed by atoms with Crippen LogP contribution in [0.15, 0.2) is 115 Å². The normalized spacial score (nSPS) is 10.7. The van der Waals surface area contributed by atoms with Crippen molar-refractivity contribution in [2.45, 2.75) is 254 Å². The van der Waals surface area contributed by atoms with Crippen LogP contribution in [-0.4, -0.2) is 99.3 Å². The molecule has 0 aliphatic heterocycles. The van der Waals surface area contributed by atoms with Crippen LogP contribution in [0.3, 0.4) is 0 Å². The summed E-state index contributed by atoms with van der Waals surface area (Å²) in [4.78, 5) is 60.5. The summed E-state index contributed by atoms with van der Waals surface area (Å²) in [5.74, 6) is 9.38. The number of non-ortho nitro benzene ring substituents is 5. The number of aryl methyl sites for hydroxylation is 2. The number of nitrogens with zero attached hydrogens (tertiary/aromatic N) is 6. The van der Waals surface area contributed by atoms with Gasteiger partial charge in [0.25, 0.3) is 34.1 Å². The third-order valence-corrected chi connectivity index (χ3v) is 23.5. The van der Waals surface area contributed by atoms with Gasteiger partial charge < -0.3 is 31.9 Å². The lowest BCUT2D eigenvalue weighted by Crippen LogP contribution is -2.11. The first-order valence-electron chi connectivity index (χ1n) is 42.5. The van der Waals surface area contributed by atoms with Crippen LogP contribution in [0, 0.1) is 86.2 Å². The number of hydrogen-bond acceptors (Lipinski definition) is 24. The maximum Gasteiger partial charge on any atom is 0.418 e. The van der Waals surface area contributed by atoms with E-state index in [4.69, 9.17) is 0 Å². The van der Waals surface area contributed by atoms with Crippen LogP contribution in [0.25, 0.3) is 0 Å². The lowest BCUT2D eigenvalue weighted by Gasteiger charge is -2.14. The molecule has 0 spiro atoms. The smallest absolute Gasteiger partial charge is 0.376 e. The largest absolute Gasteiger partial charge is 0.418 e. The number of halogens is 5. The van der Waals surface area contributed by atoms with E-state index in [1.807, 2.05) is 23.5 Å². The molecule has 6 rings (SSSR count). The number of benzene rings is 6. The van der Waals surface area contributed by atoms with E-state index in [1.54, 1.807) is 47.4 Å². The quantitative estimate of drug-likeness (QED) is 0.00679. The monoisotopic (exact) mass is 1820 g/mol. The van der Waals surface area contributed by atoms with Crippen molar-refractivity contribution in [2.75, 3.05) is 102 Å². The average molecular weight is 1830 g/mol. The molecule has 6 N–H and O–H groups in total. The van der Waals surface area contributed by atoms with Gasteiger partial charge in [0, 0.05) is 77.0 Å². The highest BCUT2D eigenvalue weighted by molar-refractivity contribution is 8.00. The maximum absolute atomic E-state index is 12.9. The zero-order chi connectivity index (χ0) is 90.4. The standard InChI is InChI=1S/C17H29NS.C15H23F2NS.C15H23N3O4S.C14H19F3N2O2S.C13H19N3O4S.C13H20N2O2S/c1-4-5-6-7-8-9-10-19-14-18-17-12-15(2)11-16(3)13-17;1-2-3-4-5-6-7-8-19-12-18-15-10-13(16)9-14(17)11-15;1-2-3-4-5-6-7-8-23-12-16-13-9-14(17(19)20)11-15(10-13)18(21)22;1-2-3-4-5-8-22-10-18-13-7-6-11(19(20)21)9-12(13)14(15,16)17;1-2-3-4-5-8-21-10-14-12-7-6-11(15(17)18)9-13(12)16(19)20;1-2-3-4-5-10-18-11-14-12-6-8-13(9-7-12)15(16)17/h11-13,18H,4-10,14H2,1-3H3;9-11,18H,2-8,12H2,1H3;9-11,16H,2-8,12H2,1H3;6-7,9,18H,2-5,8,10H2,1H3;6-7,9,14H,2-5,8,10H2,1H3;6-9,14H,2-5,10-11H2,1H3. The molecule has 0 bridgehead atoms. The molecule has 0 atom stereocenters. The van der Waals surface area contributed by atoms with E-state index in [-0.39, 0.29) is 39.0 Å². The molecule has 0 aromatic heterocycles. The summed E-state index contributed by atoms with van der Waals surface area (Å²) in [7, 11) is 0. The van der Waals surface area contributed by atoms with Crippen LogP contribution < -0.4 is 31.9 Å². The second kappa shape index (κ2) is 72.6. The molecule has 0 amide bonds. The number of alkyl halides is 3. The lowest BCUT2D eigenvalue weighted by molar-refractivity contribution is -0.394. The van der Waals surface area contributed by atoms with Crippen molar-refractivity contribution in [1.82, 2.24) is 0 Å². The Labute approximate surface area is 745 Å². The first-order chi connectivity index (χ1) is 58.6. The predicted molar refractivity (Wildman–Crippen MR) is 511 cm³/mol. The van der Waals surface area contributed by atoms with Crippen molar-refractivity contribution >= 4 is 139 Å². The first kappa shape index (κ1) is 112. The van der Waals surface area contributed by atoms with Gasteiger partial charge in [-0.05, 0) is 147 Å². The van der Waals surface area contributed by atoms with Gasteiger partial charge in [0.1, 0.15) is 17.3 Å². The average Bonchev–Trinajstić information content (AvgIpc) is 0.822. The van der Waals surface area contributed by atoms with E-state index in [2.05, 4.69) is 105 Å². The molecule has 6 aromatic rings. The Kier molecular flexibility index (Phi) is 66.8.